The van der Waals surface area contributed by atoms with Crippen LogP contribution < -0.4 is 0 Å². The van der Waals surface area contributed by atoms with E-state index in [1.165, 1.54) is 21.5 Å². The zero-order valence-electron chi connectivity index (χ0n) is 16.9. The van der Waals surface area contributed by atoms with E-state index in [-0.39, 0.29) is 10.9 Å². The zero-order valence-corrected chi connectivity index (χ0v) is 19.3. The maximum atomic E-state index is 13.1. The summed E-state index contributed by atoms with van der Waals surface area (Å²) in [5, 5.41) is 9.10. The molecule has 1 unspecified atom stereocenters. The van der Waals surface area contributed by atoms with Crippen molar-refractivity contribution in [2.75, 3.05) is 26.2 Å². The van der Waals surface area contributed by atoms with Gasteiger partial charge in [0.1, 0.15) is 0 Å². The number of rotatable bonds is 5. The van der Waals surface area contributed by atoms with E-state index in [0.29, 0.717) is 31.7 Å². The summed E-state index contributed by atoms with van der Waals surface area (Å²) in [6, 6.07) is 26.9. The number of nitriles is 1. The average molecular weight is 496 g/mol. The number of piperazine rings is 1. The summed E-state index contributed by atoms with van der Waals surface area (Å²) in [5.41, 5.74) is 2.70. The van der Waals surface area contributed by atoms with E-state index in [1.54, 1.807) is 18.2 Å². The average Bonchev–Trinajstić information content (AvgIpc) is 2.81. The quantitative estimate of drug-likeness (QED) is 0.525. The highest BCUT2D eigenvalue weighted by Crippen LogP contribution is 2.31. The summed E-state index contributed by atoms with van der Waals surface area (Å²) < 4.78 is 28.7. The van der Waals surface area contributed by atoms with Gasteiger partial charge in [-0.1, -0.05) is 64.5 Å². The van der Waals surface area contributed by atoms with Gasteiger partial charge in [-0.3, -0.25) is 4.90 Å². The van der Waals surface area contributed by atoms with Crippen LogP contribution in [0.4, 0.5) is 0 Å². The minimum absolute atomic E-state index is 0.0565. The van der Waals surface area contributed by atoms with Gasteiger partial charge in [-0.05, 0) is 41.5 Å². The Hall–Kier alpha value is -2.50. The fourth-order valence-electron chi connectivity index (χ4n) is 3.97. The first-order valence-corrected chi connectivity index (χ1v) is 12.3. The molecule has 0 aromatic heterocycles. The number of sulfonamides is 1. The molecule has 1 fully saturated rings. The minimum atomic E-state index is -3.63. The lowest BCUT2D eigenvalue weighted by molar-refractivity contribution is 0.156. The fourth-order valence-corrected chi connectivity index (χ4v) is 5.70. The van der Waals surface area contributed by atoms with Gasteiger partial charge in [0.25, 0.3) is 0 Å². The molecule has 0 aliphatic carbocycles. The third-order valence-electron chi connectivity index (χ3n) is 5.54. The smallest absolute Gasteiger partial charge is 0.243 e. The van der Waals surface area contributed by atoms with Crippen molar-refractivity contribution >= 4 is 26.0 Å². The molecule has 0 spiro atoms. The van der Waals surface area contributed by atoms with Crippen LogP contribution in [0.1, 0.15) is 22.7 Å². The molecule has 0 saturated carbocycles. The van der Waals surface area contributed by atoms with E-state index < -0.39 is 10.0 Å². The highest BCUT2D eigenvalue weighted by Gasteiger charge is 2.32. The number of hydrogen-bond acceptors (Lipinski definition) is 4. The van der Waals surface area contributed by atoms with Crippen LogP contribution in [0.3, 0.4) is 0 Å². The van der Waals surface area contributed by atoms with Crippen molar-refractivity contribution in [1.29, 1.82) is 5.26 Å². The molecular formula is C24H22BrN3O2S. The van der Waals surface area contributed by atoms with Crippen LogP contribution in [0, 0.1) is 11.3 Å². The summed E-state index contributed by atoms with van der Waals surface area (Å²) in [6.45, 7) is 2.04. The molecule has 1 heterocycles. The Morgan fingerprint density at radius 3 is 2.13 bits per heavy atom. The first kappa shape index (κ1) is 21.7. The lowest BCUT2D eigenvalue weighted by atomic mass is 9.96. The topological polar surface area (TPSA) is 64.4 Å². The Labute approximate surface area is 191 Å². The van der Waals surface area contributed by atoms with Gasteiger partial charge in [0, 0.05) is 30.7 Å². The van der Waals surface area contributed by atoms with E-state index in [9.17, 15) is 8.42 Å². The van der Waals surface area contributed by atoms with Crippen molar-refractivity contribution in [3.05, 3.63) is 100 Å². The van der Waals surface area contributed by atoms with Crippen molar-refractivity contribution in [2.45, 2.75) is 10.9 Å². The Morgan fingerprint density at radius 2 is 1.48 bits per heavy atom. The lowest BCUT2D eigenvalue weighted by Gasteiger charge is -2.39. The van der Waals surface area contributed by atoms with Crippen LogP contribution in [-0.2, 0) is 10.0 Å². The predicted octanol–water partition coefficient (Wildman–Crippen LogP) is 4.42. The Kier molecular flexibility index (Phi) is 6.54. The van der Waals surface area contributed by atoms with Crippen LogP contribution in [0.15, 0.2) is 88.2 Å². The third kappa shape index (κ3) is 4.73. The molecule has 0 radical (unpaired) electrons. The molecule has 1 aliphatic rings. The second kappa shape index (κ2) is 9.33. The molecule has 0 N–H and O–H groups in total. The summed E-state index contributed by atoms with van der Waals surface area (Å²) in [5.74, 6) is 0. The maximum Gasteiger partial charge on any atom is 0.243 e. The van der Waals surface area contributed by atoms with Crippen molar-refractivity contribution in [1.82, 2.24) is 9.21 Å². The molecule has 31 heavy (non-hydrogen) atoms. The standard InChI is InChI=1S/C24H22BrN3O2S/c25-22-11-9-21(10-12-22)24(20-6-2-1-3-7-20)27-13-15-28(16-14-27)31(29,30)23-8-4-5-19(17-23)18-26/h1-12,17,24H,13-16H2. The van der Waals surface area contributed by atoms with Crippen molar-refractivity contribution in [2.24, 2.45) is 0 Å². The molecule has 3 aromatic rings. The molecule has 4 rings (SSSR count). The van der Waals surface area contributed by atoms with E-state index in [0.717, 1.165) is 4.47 Å². The molecule has 3 aromatic carbocycles. The summed E-state index contributed by atoms with van der Waals surface area (Å²) in [6.07, 6.45) is 0. The van der Waals surface area contributed by atoms with E-state index in [1.807, 2.05) is 36.4 Å². The molecule has 7 heteroatoms. The van der Waals surface area contributed by atoms with Crippen LogP contribution in [0.5, 0.6) is 0 Å². The number of halogens is 1. The Morgan fingerprint density at radius 1 is 0.839 bits per heavy atom. The van der Waals surface area contributed by atoms with Gasteiger partial charge in [0.05, 0.1) is 22.6 Å². The van der Waals surface area contributed by atoms with Gasteiger partial charge < -0.3 is 0 Å². The third-order valence-corrected chi connectivity index (χ3v) is 7.96. The van der Waals surface area contributed by atoms with Crippen LogP contribution in [-0.4, -0.2) is 43.8 Å². The summed E-state index contributed by atoms with van der Waals surface area (Å²) in [4.78, 5) is 2.50. The molecule has 1 saturated heterocycles. The second-order valence-corrected chi connectivity index (χ2v) is 10.3. The number of hydrogen-bond donors (Lipinski definition) is 0. The summed E-state index contributed by atoms with van der Waals surface area (Å²) in [7, 11) is -3.63. The minimum Gasteiger partial charge on any atom is -0.290 e. The highest BCUT2D eigenvalue weighted by molar-refractivity contribution is 9.10. The maximum absolute atomic E-state index is 13.1. The van der Waals surface area contributed by atoms with Gasteiger partial charge in [-0.15, -0.1) is 0 Å². The highest BCUT2D eigenvalue weighted by atomic mass is 79.9. The van der Waals surface area contributed by atoms with Gasteiger partial charge in [-0.2, -0.15) is 9.57 Å². The lowest BCUT2D eigenvalue weighted by Crippen LogP contribution is -2.49. The van der Waals surface area contributed by atoms with Crippen LogP contribution in [0.2, 0.25) is 0 Å². The second-order valence-electron chi connectivity index (χ2n) is 7.44. The summed E-state index contributed by atoms with van der Waals surface area (Å²) >= 11 is 3.50. The SMILES string of the molecule is N#Cc1cccc(S(=O)(=O)N2CCN(C(c3ccccc3)c3ccc(Br)cc3)CC2)c1. The monoisotopic (exact) mass is 495 g/mol. The first-order chi connectivity index (χ1) is 15.0. The normalized spacial score (nSPS) is 16.5. The van der Waals surface area contributed by atoms with Gasteiger partial charge in [0.15, 0.2) is 0 Å². The van der Waals surface area contributed by atoms with Crippen LogP contribution in [0.25, 0.3) is 0 Å². The van der Waals surface area contributed by atoms with E-state index >= 15 is 0 Å². The van der Waals surface area contributed by atoms with Gasteiger partial charge in [0.2, 0.25) is 10.0 Å². The van der Waals surface area contributed by atoms with Crippen molar-refractivity contribution in [3.8, 4) is 6.07 Å². The Balaban J connectivity index is 1.56. The molecule has 1 atom stereocenters. The molecule has 5 nitrogen and oxygen atoms in total. The molecule has 1 aliphatic heterocycles. The first-order valence-electron chi connectivity index (χ1n) is 10.0. The predicted molar refractivity (Wildman–Crippen MR) is 124 cm³/mol. The van der Waals surface area contributed by atoms with Crippen molar-refractivity contribution in [3.63, 3.8) is 0 Å². The zero-order chi connectivity index (χ0) is 21.8. The van der Waals surface area contributed by atoms with E-state index in [4.69, 9.17) is 5.26 Å². The van der Waals surface area contributed by atoms with Crippen molar-refractivity contribution < 1.29 is 8.42 Å². The van der Waals surface area contributed by atoms with E-state index in [2.05, 4.69) is 45.1 Å². The van der Waals surface area contributed by atoms with Crippen LogP contribution >= 0.6 is 15.9 Å². The number of benzene rings is 3. The molecular weight excluding hydrogens is 474 g/mol. The Bertz CT molecular complexity index is 1180. The molecule has 0 amide bonds. The number of nitrogens with zero attached hydrogens (tertiary/aromatic N) is 3. The largest absolute Gasteiger partial charge is 0.290 e. The molecule has 158 valence electrons. The van der Waals surface area contributed by atoms with Gasteiger partial charge >= 0.3 is 0 Å². The van der Waals surface area contributed by atoms with Gasteiger partial charge in [-0.25, -0.2) is 8.42 Å². The fraction of sp³-hybridized carbons (Fsp3) is 0.208. The molecule has 0 bridgehead atoms.